The van der Waals surface area contributed by atoms with Crippen LogP contribution in [0.15, 0.2) is 16.7 Å². The molecule has 0 unspecified atom stereocenters. The lowest BCUT2D eigenvalue weighted by Crippen LogP contribution is -2.47. The van der Waals surface area contributed by atoms with E-state index in [0.717, 1.165) is 42.5 Å². The number of piperazine rings is 1. The zero-order valence-corrected chi connectivity index (χ0v) is 13.7. The molecule has 0 spiro atoms. The first-order valence-electron chi connectivity index (χ1n) is 7.62. The van der Waals surface area contributed by atoms with E-state index in [1.54, 1.807) is 0 Å². The molecule has 1 aromatic rings. The number of halogens is 1. The van der Waals surface area contributed by atoms with Crippen LogP contribution in [-0.4, -0.2) is 48.6 Å². The maximum Gasteiger partial charge on any atom is 0.133 e. The summed E-state index contributed by atoms with van der Waals surface area (Å²) < 4.78 is 1.06. The molecule has 1 aliphatic heterocycles. The number of anilines is 1. The molecule has 0 amide bonds. The second-order valence-corrected chi connectivity index (χ2v) is 6.59. The lowest BCUT2D eigenvalue weighted by molar-refractivity contribution is 0.247. The summed E-state index contributed by atoms with van der Waals surface area (Å²) >= 11 is 3.53. The molecule has 110 valence electrons. The normalized spacial score (nSPS) is 20.4. The van der Waals surface area contributed by atoms with Crippen LogP contribution >= 0.6 is 15.9 Å². The number of nitrogens with one attached hydrogen (secondary N) is 1. The second-order valence-electron chi connectivity index (χ2n) is 5.67. The Hall–Kier alpha value is -0.650. The van der Waals surface area contributed by atoms with Gasteiger partial charge in [0, 0.05) is 55.0 Å². The number of rotatable bonds is 5. The molecule has 2 aliphatic rings. The van der Waals surface area contributed by atoms with Gasteiger partial charge in [0.05, 0.1) is 0 Å². The standard InChI is InChI=1S/C15H23BrN4/c1-2-17-10-12-9-13(16)11-18-15(12)20-7-5-19(6-8-20)14-3-4-14/h9,11,14,17H,2-8,10H2,1H3. The first-order valence-corrected chi connectivity index (χ1v) is 8.41. The summed E-state index contributed by atoms with van der Waals surface area (Å²) in [5.74, 6) is 1.16. The van der Waals surface area contributed by atoms with Crippen molar-refractivity contribution in [3.63, 3.8) is 0 Å². The molecule has 1 aromatic heterocycles. The van der Waals surface area contributed by atoms with Gasteiger partial charge in [0.25, 0.3) is 0 Å². The highest BCUT2D eigenvalue weighted by Gasteiger charge is 2.31. The van der Waals surface area contributed by atoms with E-state index in [1.165, 1.54) is 31.5 Å². The van der Waals surface area contributed by atoms with Crippen molar-refractivity contribution in [3.05, 3.63) is 22.3 Å². The fourth-order valence-corrected chi connectivity index (χ4v) is 3.27. The minimum Gasteiger partial charge on any atom is -0.354 e. The Balaban J connectivity index is 1.69. The molecule has 3 rings (SSSR count). The third kappa shape index (κ3) is 3.32. The summed E-state index contributed by atoms with van der Waals surface area (Å²) in [4.78, 5) is 9.74. The minimum absolute atomic E-state index is 0.885. The second kappa shape index (κ2) is 6.41. The maximum atomic E-state index is 4.66. The quantitative estimate of drug-likeness (QED) is 0.892. The van der Waals surface area contributed by atoms with E-state index in [4.69, 9.17) is 0 Å². The molecule has 1 N–H and O–H groups in total. The molecule has 1 saturated heterocycles. The zero-order valence-electron chi connectivity index (χ0n) is 12.1. The van der Waals surface area contributed by atoms with Gasteiger partial charge in [-0.05, 0) is 41.4 Å². The fraction of sp³-hybridized carbons (Fsp3) is 0.667. The van der Waals surface area contributed by atoms with E-state index in [-0.39, 0.29) is 0 Å². The topological polar surface area (TPSA) is 31.4 Å². The maximum absolute atomic E-state index is 4.66. The SMILES string of the molecule is CCNCc1cc(Br)cnc1N1CCN(C2CC2)CC1. The van der Waals surface area contributed by atoms with Crippen molar-refractivity contribution in [1.82, 2.24) is 15.2 Å². The molecule has 0 bridgehead atoms. The van der Waals surface area contributed by atoms with Crippen molar-refractivity contribution >= 4 is 21.7 Å². The van der Waals surface area contributed by atoms with Gasteiger partial charge < -0.3 is 10.2 Å². The summed E-state index contributed by atoms with van der Waals surface area (Å²) in [6, 6.07) is 3.08. The smallest absolute Gasteiger partial charge is 0.133 e. The summed E-state index contributed by atoms with van der Waals surface area (Å²) in [7, 11) is 0. The van der Waals surface area contributed by atoms with Crippen LogP contribution in [0.25, 0.3) is 0 Å². The molecule has 0 atom stereocenters. The molecule has 2 fully saturated rings. The Morgan fingerprint density at radius 3 is 2.70 bits per heavy atom. The molecule has 0 radical (unpaired) electrons. The average molecular weight is 339 g/mol. The molecule has 1 saturated carbocycles. The average Bonchev–Trinajstić information content (AvgIpc) is 3.30. The number of aromatic nitrogens is 1. The van der Waals surface area contributed by atoms with E-state index in [9.17, 15) is 0 Å². The van der Waals surface area contributed by atoms with Gasteiger partial charge >= 0.3 is 0 Å². The van der Waals surface area contributed by atoms with E-state index >= 15 is 0 Å². The molecular weight excluding hydrogens is 316 g/mol. The van der Waals surface area contributed by atoms with E-state index in [2.05, 4.69) is 49.0 Å². The largest absolute Gasteiger partial charge is 0.354 e. The van der Waals surface area contributed by atoms with Crippen molar-refractivity contribution in [2.45, 2.75) is 32.4 Å². The van der Waals surface area contributed by atoms with Gasteiger partial charge in [-0.3, -0.25) is 4.90 Å². The molecule has 5 heteroatoms. The number of hydrogen-bond acceptors (Lipinski definition) is 4. The van der Waals surface area contributed by atoms with Crippen LogP contribution in [-0.2, 0) is 6.54 Å². The molecule has 4 nitrogen and oxygen atoms in total. The monoisotopic (exact) mass is 338 g/mol. The Morgan fingerprint density at radius 2 is 2.05 bits per heavy atom. The van der Waals surface area contributed by atoms with Crippen molar-refractivity contribution in [2.24, 2.45) is 0 Å². The van der Waals surface area contributed by atoms with E-state index in [1.807, 2.05) is 6.20 Å². The number of hydrogen-bond donors (Lipinski definition) is 1. The minimum atomic E-state index is 0.885. The van der Waals surface area contributed by atoms with Crippen LogP contribution in [0.1, 0.15) is 25.3 Å². The fourth-order valence-electron chi connectivity index (χ4n) is 2.89. The third-order valence-corrected chi connectivity index (χ3v) is 4.59. The lowest BCUT2D eigenvalue weighted by atomic mass is 10.2. The predicted octanol–water partition coefficient (Wildman–Crippen LogP) is 2.24. The molecule has 20 heavy (non-hydrogen) atoms. The summed E-state index contributed by atoms with van der Waals surface area (Å²) in [5, 5.41) is 3.41. The first kappa shape index (κ1) is 14.3. The Kier molecular flexibility index (Phi) is 4.58. The van der Waals surface area contributed by atoms with Crippen LogP contribution in [0.3, 0.4) is 0 Å². The zero-order chi connectivity index (χ0) is 13.9. The highest BCUT2D eigenvalue weighted by atomic mass is 79.9. The van der Waals surface area contributed by atoms with Gasteiger partial charge in [-0.1, -0.05) is 6.92 Å². The van der Waals surface area contributed by atoms with Gasteiger partial charge in [-0.2, -0.15) is 0 Å². The van der Waals surface area contributed by atoms with Crippen LogP contribution in [0.4, 0.5) is 5.82 Å². The van der Waals surface area contributed by atoms with Crippen molar-refractivity contribution in [1.29, 1.82) is 0 Å². The van der Waals surface area contributed by atoms with E-state index < -0.39 is 0 Å². The summed E-state index contributed by atoms with van der Waals surface area (Å²) in [5.41, 5.74) is 1.29. The molecule has 0 aromatic carbocycles. The molecule has 2 heterocycles. The molecule has 1 aliphatic carbocycles. The molecular formula is C15H23BrN4. The van der Waals surface area contributed by atoms with Crippen LogP contribution < -0.4 is 10.2 Å². The predicted molar refractivity (Wildman–Crippen MR) is 86.1 cm³/mol. The number of nitrogens with zero attached hydrogens (tertiary/aromatic N) is 3. The Bertz CT molecular complexity index is 453. The lowest BCUT2D eigenvalue weighted by Gasteiger charge is -2.36. The Labute approximate surface area is 129 Å². The summed E-state index contributed by atoms with van der Waals surface area (Å²) in [6.07, 6.45) is 4.72. The van der Waals surface area contributed by atoms with Crippen molar-refractivity contribution < 1.29 is 0 Å². The van der Waals surface area contributed by atoms with Crippen molar-refractivity contribution in [2.75, 3.05) is 37.6 Å². The Morgan fingerprint density at radius 1 is 1.30 bits per heavy atom. The van der Waals surface area contributed by atoms with Gasteiger partial charge in [0.2, 0.25) is 0 Å². The number of pyridine rings is 1. The van der Waals surface area contributed by atoms with Gasteiger partial charge in [-0.15, -0.1) is 0 Å². The van der Waals surface area contributed by atoms with Gasteiger partial charge in [0.15, 0.2) is 0 Å². The highest BCUT2D eigenvalue weighted by molar-refractivity contribution is 9.10. The van der Waals surface area contributed by atoms with Gasteiger partial charge in [0.1, 0.15) is 5.82 Å². The summed E-state index contributed by atoms with van der Waals surface area (Å²) in [6.45, 7) is 8.59. The van der Waals surface area contributed by atoms with E-state index in [0.29, 0.717) is 0 Å². The van der Waals surface area contributed by atoms with Gasteiger partial charge in [-0.25, -0.2) is 4.98 Å². The van der Waals surface area contributed by atoms with Crippen molar-refractivity contribution in [3.8, 4) is 0 Å². The van der Waals surface area contributed by atoms with Crippen LogP contribution in [0.5, 0.6) is 0 Å². The van der Waals surface area contributed by atoms with Crippen LogP contribution in [0, 0.1) is 0 Å². The van der Waals surface area contributed by atoms with Crippen LogP contribution in [0.2, 0.25) is 0 Å². The highest BCUT2D eigenvalue weighted by Crippen LogP contribution is 2.29. The first-order chi connectivity index (χ1) is 9.78. The third-order valence-electron chi connectivity index (χ3n) is 4.15.